The second-order valence-corrected chi connectivity index (χ2v) is 16.4. The number of hydrogen-bond donors (Lipinski definition) is 4. The summed E-state index contributed by atoms with van der Waals surface area (Å²) in [5.74, 6) is -0.992. The summed E-state index contributed by atoms with van der Waals surface area (Å²) < 4.78 is 11.6. The fourth-order valence-electron chi connectivity index (χ4n) is 3.19. The van der Waals surface area contributed by atoms with E-state index in [4.69, 9.17) is 15.0 Å². The van der Waals surface area contributed by atoms with Crippen molar-refractivity contribution in [2.45, 2.75) is 36.3 Å². The molecule has 5 N–H and O–H groups in total. The van der Waals surface area contributed by atoms with Gasteiger partial charge in [-0.3, -0.25) is 0 Å². The van der Waals surface area contributed by atoms with Crippen molar-refractivity contribution in [1.82, 2.24) is 10.2 Å². The van der Waals surface area contributed by atoms with Gasteiger partial charge in [0.15, 0.2) is 0 Å². The summed E-state index contributed by atoms with van der Waals surface area (Å²) in [5.41, 5.74) is 4.86. The minimum atomic E-state index is -2.47. The van der Waals surface area contributed by atoms with Gasteiger partial charge >= 0.3 is 156 Å². The fourth-order valence-corrected chi connectivity index (χ4v) is 5.37. The van der Waals surface area contributed by atoms with Crippen LogP contribution in [-0.4, -0.2) is 78.1 Å². The van der Waals surface area contributed by atoms with E-state index in [1.54, 1.807) is 37.0 Å². The van der Waals surface area contributed by atoms with E-state index in [0.29, 0.717) is 5.56 Å². The predicted molar refractivity (Wildman–Crippen MR) is 111 cm³/mol. The zero-order chi connectivity index (χ0) is 21.2. The molecule has 5 atom stereocenters. The van der Waals surface area contributed by atoms with Crippen molar-refractivity contribution in [3.63, 3.8) is 0 Å². The average molecular weight is 490 g/mol. The number of urea groups is 1. The molecular weight excluding hydrogens is 464 g/mol. The third-order valence-electron chi connectivity index (χ3n) is 4.83. The van der Waals surface area contributed by atoms with Crippen LogP contribution in [-0.2, 0) is 9.26 Å². The summed E-state index contributed by atoms with van der Waals surface area (Å²) in [5, 5.41) is 12.1. The number of amides is 2. The molecule has 0 radical (unpaired) electrons. The van der Waals surface area contributed by atoms with Crippen LogP contribution in [0.25, 0.3) is 0 Å². The van der Waals surface area contributed by atoms with E-state index in [9.17, 15) is 19.6 Å². The number of carbonyl (C=O) groups is 2. The molecule has 1 fully saturated rings. The van der Waals surface area contributed by atoms with Crippen molar-refractivity contribution in [2.75, 3.05) is 13.3 Å². The normalized spacial score (nSPS) is 31.4. The van der Waals surface area contributed by atoms with Crippen LogP contribution in [0.3, 0.4) is 0 Å². The van der Waals surface area contributed by atoms with Crippen molar-refractivity contribution < 1.29 is 28.8 Å². The number of nitrogens with two attached hydrogens (primary N) is 1. The molecule has 0 bridgehead atoms. The maximum atomic E-state index is 12.7. The third-order valence-corrected chi connectivity index (χ3v) is 11.5. The molecule has 3 rings (SSSR count). The molecule has 1 aromatic rings. The summed E-state index contributed by atoms with van der Waals surface area (Å²) in [6.45, 7) is 1.38. The quantitative estimate of drug-likeness (QED) is 0.258. The number of nitrogens with one attached hydrogen (secondary N) is 1. The Morgan fingerprint density at radius 3 is 2.76 bits per heavy atom. The Hall–Kier alpha value is -1.35. The first-order chi connectivity index (χ1) is 13.7. The molecule has 2 unspecified atom stereocenters. The van der Waals surface area contributed by atoms with Crippen LogP contribution >= 0.6 is 5.96 Å². The molecule has 2 aliphatic heterocycles. The Morgan fingerprint density at radius 1 is 1.48 bits per heavy atom. The van der Waals surface area contributed by atoms with E-state index in [1.807, 2.05) is 5.82 Å². The van der Waals surface area contributed by atoms with E-state index in [0.717, 1.165) is 0 Å². The Bertz CT molecular complexity index is 860. The number of ketones is 1. The Balaban J connectivity index is 1.75. The van der Waals surface area contributed by atoms with Gasteiger partial charge in [-0.15, -0.1) is 0 Å². The second-order valence-electron chi connectivity index (χ2n) is 6.94. The SMILES string of the molecule is C[SeH]=P(C)(O)O[C@H]1C[C@H](N2C=CC(N)(C(=O)c3ccccc3)NC2=O)O[C@@H]1CO. The Labute approximate surface area is 174 Å². The predicted octanol–water partition coefficient (Wildman–Crippen LogP) is 0.425. The van der Waals surface area contributed by atoms with Gasteiger partial charge in [-0.1, -0.05) is 18.2 Å². The van der Waals surface area contributed by atoms with Crippen molar-refractivity contribution in [2.24, 2.45) is 5.73 Å². The number of hydrogen-bond acceptors (Lipinski definition) is 7. The molecule has 0 aromatic heterocycles. The molecule has 160 valence electrons. The van der Waals surface area contributed by atoms with Gasteiger partial charge in [0.05, 0.1) is 0 Å². The number of Topliss-reactive ketones (excluding diaryl/α,β-unsaturated/α-hetero) is 1. The zero-order valence-corrected chi connectivity index (χ0v) is 18.9. The van der Waals surface area contributed by atoms with E-state index in [2.05, 4.69) is 5.32 Å². The first-order valence-corrected chi connectivity index (χ1v) is 15.5. The van der Waals surface area contributed by atoms with Crippen molar-refractivity contribution >= 4 is 31.8 Å². The van der Waals surface area contributed by atoms with Crippen molar-refractivity contribution in [1.29, 1.82) is 0 Å². The van der Waals surface area contributed by atoms with E-state index >= 15 is 0 Å². The van der Waals surface area contributed by atoms with Gasteiger partial charge in [-0.05, 0) is 0 Å². The molecule has 29 heavy (non-hydrogen) atoms. The van der Waals surface area contributed by atoms with Gasteiger partial charge in [0, 0.05) is 0 Å². The molecule has 2 aliphatic rings. The van der Waals surface area contributed by atoms with Gasteiger partial charge in [0.25, 0.3) is 0 Å². The summed E-state index contributed by atoms with van der Waals surface area (Å²) in [6.07, 6.45) is 1.22. The summed E-state index contributed by atoms with van der Waals surface area (Å²) in [6, 6.07) is 7.88. The van der Waals surface area contributed by atoms with Gasteiger partial charge in [-0.25, -0.2) is 0 Å². The minimum absolute atomic E-state index is 0.282. The summed E-state index contributed by atoms with van der Waals surface area (Å²) in [7, 11) is 0. The molecule has 9 nitrogen and oxygen atoms in total. The topological polar surface area (TPSA) is 134 Å². The van der Waals surface area contributed by atoms with Gasteiger partial charge in [-0.2, -0.15) is 0 Å². The van der Waals surface area contributed by atoms with E-state index < -0.39 is 41.9 Å². The van der Waals surface area contributed by atoms with Crippen LogP contribution in [0.1, 0.15) is 16.8 Å². The third kappa shape index (κ3) is 4.87. The number of benzene rings is 1. The first-order valence-electron chi connectivity index (χ1n) is 9.03. The van der Waals surface area contributed by atoms with Crippen molar-refractivity contribution in [3.8, 4) is 0 Å². The monoisotopic (exact) mass is 491 g/mol. The zero-order valence-electron chi connectivity index (χ0n) is 16.1. The van der Waals surface area contributed by atoms with Crippen LogP contribution in [0.5, 0.6) is 0 Å². The molecule has 0 spiro atoms. The summed E-state index contributed by atoms with van der Waals surface area (Å²) >= 11 is -0.372. The maximum absolute atomic E-state index is 12.7. The first kappa shape index (κ1) is 22.3. The summed E-state index contributed by atoms with van der Waals surface area (Å²) in [4.78, 5) is 37.0. The molecule has 2 amide bonds. The molecule has 11 heteroatoms. The number of ether oxygens (including phenoxy) is 1. The van der Waals surface area contributed by atoms with E-state index in [-0.39, 0.29) is 27.1 Å². The second kappa shape index (κ2) is 8.79. The average Bonchev–Trinajstić information content (AvgIpc) is 3.09. The molecule has 1 aromatic carbocycles. The van der Waals surface area contributed by atoms with Gasteiger partial charge in [0.1, 0.15) is 0 Å². The van der Waals surface area contributed by atoms with Gasteiger partial charge in [0.2, 0.25) is 0 Å². The molecule has 0 aliphatic carbocycles. The van der Waals surface area contributed by atoms with Gasteiger partial charge < -0.3 is 0 Å². The van der Waals surface area contributed by atoms with Crippen LogP contribution in [0.4, 0.5) is 4.79 Å². The number of carbonyl (C=O) groups excluding carboxylic acids is 2. The Kier molecular flexibility index (Phi) is 6.77. The van der Waals surface area contributed by atoms with Crippen LogP contribution in [0.2, 0.25) is 5.82 Å². The fraction of sp³-hybridized carbons (Fsp3) is 0.444. The van der Waals surface area contributed by atoms with Crippen LogP contribution < -0.4 is 11.1 Å². The molecule has 0 saturated carbocycles. The number of aliphatic hydroxyl groups is 1. The number of aliphatic hydroxyl groups excluding tert-OH is 1. The van der Waals surface area contributed by atoms with E-state index in [1.165, 1.54) is 17.2 Å². The number of rotatable bonds is 6. The van der Waals surface area contributed by atoms with Crippen molar-refractivity contribution in [3.05, 3.63) is 48.2 Å². The molecule has 2 heterocycles. The molecule has 1 saturated heterocycles. The van der Waals surface area contributed by atoms with Crippen LogP contribution in [0.15, 0.2) is 42.6 Å². The van der Waals surface area contributed by atoms with Crippen LogP contribution in [0, 0.1) is 0 Å². The Morgan fingerprint density at radius 2 is 2.17 bits per heavy atom. The standard InChI is InChI=1S/C18H26N3O6PSe/c1-28(25,29-2)27-13-10-15(26-14(13)11-22)21-9-8-18(19,20-17(21)24)16(23)12-6-4-3-5-7-12/h3-9,13-15,22,25,29H,10-11,19H2,1-2H3,(H,20,24)/t13-,14+,15+,18?,28?/m0/s1. The molecular formula is C18H26N3O6PSe. The number of nitrogens with zero attached hydrogens (tertiary/aromatic N) is 1.